The molecule has 1 aromatic rings. The lowest BCUT2D eigenvalue weighted by Gasteiger charge is -2.15. The van der Waals surface area contributed by atoms with E-state index in [0.717, 1.165) is 31.4 Å². The molecule has 17 heavy (non-hydrogen) atoms. The van der Waals surface area contributed by atoms with Crippen molar-refractivity contribution >= 4 is 11.6 Å². The molecule has 4 heteroatoms. The van der Waals surface area contributed by atoms with Crippen LogP contribution in [0.25, 0.3) is 0 Å². The first-order chi connectivity index (χ1) is 8.16. The topological polar surface area (TPSA) is 32.3 Å². The lowest BCUT2D eigenvalue weighted by Crippen LogP contribution is -2.27. The maximum Gasteiger partial charge on any atom is 0.142 e. The molecule has 1 aliphatic carbocycles. The van der Waals surface area contributed by atoms with Gasteiger partial charge in [0.05, 0.1) is 11.1 Å². The average Bonchev–Trinajstić information content (AvgIpc) is 2.70. The molecule has 2 nitrogen and oxygen atoms in total. The van der Waals surface area contributed by atoms with E-state index in [1.165, 1.54) is 6.07 Å². The number of benzene rings is 1. The summed E-state index contributed by atoms with van der Waals surface area (Å²) < 4.78 is 13.2. The van der Waals surface area contributed by atoms with Crippen LogP contribution in [0.5, 0.6) is 0 Å². The highest BCUT2D eigenvalue weighted by atomic mass is 35.5. The molecule has 2 unspecified atom stereocenters. The summed E-state index contributed by atoms with van der Waals surface area (Å²) in [5.41, 5.74) is 0.874. The van der Waals surface area contributed by atoms with Crippen LogP contribution in [-0.4, -0.2) is 17.8 Å². The zero-order valence-corrected chi connectivity index (χ0v) is 10.4. The van der Waals surface area contributed by atoms with Gasteiger partial charge in [0.25, 0.3) is 0 Å². The number of aliphatic hydroxyl groups is 1. The van der Waals surface area contributed by atoms with E-state index in [2.05, 4.69) is 5.32 Å². The van der Waals surface area contributed by atoms with Crippen molar-refractivity contribution in [3.8, 4) is 0 Å². The summed E-state index contributed by atoms with van der Waals surface area (Å²) in [6.07, 6.45) is 2.90. The molecule has 0 heterocycles. The normalized spacial score (nSPS) is 24.2. The maximum absolute atomic E-state index is 13.2. The average molecular weight is 258 g/mol. The zero-order valence-electron chi connectivity index (χ0n) is 9.63. The Balaban J connectivity index is 1.79. The van der Waals surface area contributed by atoms with Crippen LogP contribution in [0, 0.1) is 11.7 Å². The molecule has 0 saturated heterocycles. The molecular weight excluding hydrogens is 241 g/mol. The molecule has 2 atom stereocenters. The van der Waals surface area contributed by atoms with Crippen LogP contribution in [0.3, 0.4) is 0 Å². The van der Waals surface area contributed by atoms with Gasteiger partial charge in [-0.3, -0.25) is 0 Å². The third kappa shape index (κ3) is 3.41. The Morgan fingerprint density at radius 1 is 1.41 bits per heavy atom. The van der Waals surface area contributed by atoms with Crippen LogP contribution in [0.1, 0.15) is 24.8 Å². The van der Waals surface area contributed by atoms with Gasteiger partial charge in [0.2, 0.25) is 0 Å². The molecule has 0 bridgehead atoms. The largest absolute Gasteiger partial charge is 0.393 e. The van der Waals surface area contributed by atoms with Crippen molar-refractivity contribution in [3.05, 3.63) is 34.6 Å². The van der Waals surface area contributed by atoms with E-state index in [4.69, 9.17) is 11.6 Å². The lowest BCUT2D eigenvalue weighted by molar-refractivity contribution is 0.131. The van der Waals surface area contributed by atoms with Gasteiger partial charge in [-0.2, -0.15) is 0 Å². The van der Waals surface area contributed by atoms with Gasteiger partial charge in [-0.25, -0.2) is 4.39 Å². The lowest BCUT2D eigenvalue weighted by atomic mass is 10.1. The van der Waals surface area contributed by atoms with Crippen molar-refractivity contribution in [2.24, 2.45) is 5.92 Å². The van der Waals surface area contributed by atoms with Gasteiger partial charge in [0.15, 0.2) is 0 Å². The molecule has 1 saturated carbocycles. The molecule has 0 radical (unpaired) electrons. The third-order valence-electron chi connectivity index (χ3n) is 3.34. The summed E-state index contributed by atoms with van der Waals surface area (Å²) in [5, 5.41) is 13.1. The summed E-state index contributed by atoms with van der Waals surface area (Å²) in [4.78, 5) is 0. The molecule has 1 aliphatic rings. The smallest absolute Gasteiger partial charge is 0.142 e. The Labute approximate surface area is 106 Å². The fourth-order valence-corrected chi connectivity index (χ4v) is 2.42. The van der Waals surface area contributed by atoms with E-state index < -0.39 is 0 Å². The summed E-state index contributed by atoms with van der Waals surface area (Å²) in [6.45, 7) is 1.39. The van der Waals surface area contributed by atoms with Gasteiger partial charge in [-0.1, -0.05) is 24.1 Å². The monoisotopic (exact) mass is 257 g/mol. The molecule has 1 aromatic carbocycles. The fraction of sp³-hybridized carbons (Fsp3) is 0.538. The highest BCUT2D eigenvalue weighted by molar-refractivity contribution is 6.30. The molecule has 1 fully saturated rings. The van der Waals surface area contributed by atoms with Crippen molar-refractivity contribution in [1.82, 2.24) is 5.32 Å². The van der Waals surface area contributed by atoms with E-state index in [9.17, 15) is 9.50 Å². The van der Waals surface area contributed by atoms with Crippen molar-refractivity contribution in [3.63, 3.8) is 0 Å². The molecule has 2 N–H and O–H groups in total. The van der Waals surface area contributed by atoms with E-state index in [1.807, 2.05) is 6.07 Å². The standard InChI is InChI=1S/C13H17ClFNO/c14-11-5-4-9(6-12(11)15)7-16-8-10-2-1-3-13(10)17/h4-6,10,13,16-17H,1-3,7-8H2. The molecule has 0 aliphatic heterocycles. The van der Waals surface area contributed by atoms with Crippen LogP contribution in [0.15, 0.2) is 18.2 Å². The second-order valence-electron chi connectivity index (χ2n) is 4.64. The van der Waals surface area contributed by atoms with Crippen molar-refractivity contribution in [2.75, 3.05) is 6.54 Å². The van der Waals surface area contributed by atoms with Gasteiger partial charge < -0.3 is 10.4 Å². The second-order valence-corrected chi connectivity index (χ2v) is 5.04. The van der Waals surface area contributed by atoms with Crippen LogP contribution in [0.4, 0.5) is 4.39 Å². The van der Waals surface area contributed by atoms with E-state index in [0.29, 0.717) is 12.5 Å². The van der Waals surface area contributed by atoms with Crippen LogP contribution < -0.4 is 5.32 Å². The highest BCUT2D eigenvalue weighted by Gasteiger charge is 2.24. The Morgan fingerprint density at radius 3 is 2.88 bits per heavy atom. The first-order valence-electron chi connectivity index (χ1n) is 5.99. The van der Waals surface area contributed by atoms with Gasteiger partial charge in [0, 0.05) is 13.1 Å². The minimum absolute atomic E-state index is 0.153. The first-order valence-corrected chi connectivity index (χ1v) is 6.37. The van der Waals surface area contributed by atoms with Crippen LogP contribution >= 0.6 is 11.6 Å². The SMILES string of the molecule is OC1CCCC1CNCc1ccc(Cl)c(F)c1. The summed E-state index contributed by atoms with van der Waals surface area (Å²) in [5.74, 6) is -0.0426. The number of hydrogen-bond donors (Lipinski definition) is 2. The van der Waals surface area contributed by atoms with Crippen LogP contribution in [-0.2, 0) is 6.54 Å². The number of nitrogens with one attached hydrogen (secondary N) is 1. The second kappa shape index (κ2) is 5.80. The summed E-state index contributed by atoms with van der Waals surface area (Å²) in [6, 6.07) is 4.82. The number of aliphatic hydroxyl groups excluding tert-OH is 1. The Kier molecular flexibility index (Phi) is 4.37. The van der Waals surface area contributed by atoms with E-state index in [1.54, 1.807) is 6.07 Å². The number of hydrogen-bond acceptors (Lipinski definition) is 2. The molecular formula is C13H17ClFNO. The highest BCUT2D eigenvalue weighted by Crippen LogP contribution is 2.24. The molecule has 2 rings (SSSR count). The van der Waals surface area contributed by atoms with Gasteiger partial charge in [-0.05, 0) is 36.5 Å². The van der Waals surface area contributed by atoms with Gasteiger partial charge in [0.1, 0.15) is 5.82 Å². The quantitative estimate of drug-likeness (QED) is 0.869. The molecule has 94 valence electrons. The Hall–Kier alpha value is -0.640. The van der Waals surface area contributed by atoms with Crippen LogP contribution in [0.2, 0.25) is 5.02 Å². The minimum atomic E-state index is -0.383. The molecule has 0 amide bonds. The third-order valence-corrected chi connectivity index (χ3v) is 3.65. The van der Waals surface area contributed by atoms with Crippen molar-refractivity contribution in [2.45, 2.75) is 31.9 Å². The van der Waals surface area contributed by atoms with Gasteiger partial charge in [-0.15, -0.1) is 0 Å². The number of rotatable bonds is 4. The predicted octanol–water partition coefficient (Wildman–Crippen LogP) is 2.73. The van der Waals surface area contributed by atoms with E-state index >= 15 is 0 Å². The number of halogens is 2. The first kappa shape index (κ1) is 12.8. The zero-order chi connectivity index (χ0) is 12.3. The maximum atomic E-state index is 13.2. The summed E-state index contributed by atoms with van der Waals surface area (Å²) >= 11 is 5.61. The molecule has 0 aromatic heterocycles. The minimum Gasteiger partial charge on any atom is -0.393 e. The Morgan fingerprint density at radius 2 is 2.24 bits per heavy atom. The van der Waals surface area contributed by atoms with Crippen molar-refractivity contribution < 1.29 is 9.50 Å². The fourth-order valence-electron chi connectivity index (χ4n) is 2.31. The van der Waals surface area contributed by atoms with E-state index in [-0.39, 0.29) is 16.9 Å². The summed E-state index contributed by atoms with van der Waals surface area (Å²) in [7, 11) is 0. The predicted molar refractivity (Wildman–Crippen MR) is 66.5 cm³/mol. The van der Waals surface area contributed by atoms with Gasteiger partial charge >= 0.3 is 0 Å². The Bertz CT molecular complexity index is 386. The van der Waals surface area contributed by atoms with Crippen molar-refractivity contribution in [1.29, 1.82) is 0 Å². The molecule has 0 spiro atoms.